The van der Waals surface area contributed by atoms with Crippen molar-refractivity contribution < 1.29 is 9.90 Å². The van der Waals surface area contributed by atoms with E-state index < -0.39 is 6.10 Å². The molecule has 23 heavy (non-hydrogen) atoms. The molecule has 2 rings (SSSR count). The quantitative estimate of drug-likeness (QED) is 0.773. The smallest absolute Gasteiger partial charge is 0.217 e. The molecule has 0 radical (unpaired) electrons. The number of benzene rings is 1. The van der Waals surface area contributed by atoms with Crippen molar-refractivity contribution in [2.75, 3.05) is 0 Å². The number of carbonyl (C=O) groups excluding carboxylic acids is 1. The van der Waals surface area contributed by atoms with Gasteiger partial charge in [-0.05, 0) is 18.4 Å². The highest BCUT2D eigenvalue weighted by Crippen LogP contribution is 2.07. The monoisotopic (exact) mass is 316 g/mol. The van der Waals surface area contributed by atoms with Crippen LogP contribution in [0.25, 0.3) is 0 Å². The van der Waals surface area contributed by atoms with Gasteiger partial charge in [0.15, 0.2) is 5.82 Å². The fourth-order valence-corrected chi connectivity index (χ4v) is 2.24. The van der Waals surface area contributed by atoms with Crippen LogP contribution in [0.5, 0.6) is 0 Å². The number of aliphatic hydroxyl groups is 1. The van der Waals surface area contributed by atoms with E-state index in [1.165, 1.54) is 12.5 Å². The highest BCUT2D eigenvalue weighted by Gasteiger charge is 2.13. The number of hydrogen-bond donors (Lipinski definition) is 2. The minimum atomic E-state index is -0.463. The Morgan fingerprint density at radius 1 is 1.30 bits per heavy atom. The third-order valence-electron chi connectivity index (χ3n) is 3.62. The zero-order chi connectivity index (χ0) is 16.7. The van der Waals surface area contributed by atoms with Crippen molar-refractivity contribution >= 4 is 5.91 Å². The standard InChI is InChI=1S/C17H24N4O2/c1-3-15(23)12-21-17(11-18-13(2)22)19-16(20-21)10-9-14-7-5-4-6-8-14/h4-8,15,23H,3,9-12H2,1-2H3,(H,18,22). The second-order valence-electron chi connectivity index (χ2n) is 5.58. The van der Waals surface area contributed by atoms with Crippen LogP contribution >= 0.6 is 0 Å². The van der Waals surface area contributed by atoms with Crippen molar-refractivity contribution in [2.45, 2.75) is 52.3 Å². The van der Waals surface area contributed by atoms with Crippen molar-refractivity contribution in [1.82, 2.24) is 20.1 Å². The van der Waals surface area contributed by atoms with Crippen molar-refractivity contribution in [1.29, 1.82) is 0 Å². The molecule has 1 aromatic heterocycles. The lowest BCUT2D eigenvalue weighted by atomic mass is 10.1. The van der Waals surface area contributed by atoms with Crippen LogP contribution in [0.1, 0.15) is 37.5 Å². The van der Waals surface area contributed by atoms with Crippen LogP contribution in [0, 0.1) is 0 Å². The molecule has 1 atom stereocenters. The molecule has 6 nitrogen and oxygen atoms in total. The zero-order valence-corrected chi connectivity index (χ0v) is 13.7. The molecule has 0 saturated heterocycles. The number of carbonyl (C=O) groups is 1. The molecular weight excluding hydrogens is 292 g/mol. The molecule has 0 spiro atoms. The Labute approximate surface area is 136 Å². The van der Waals surface area contributed by atoms with Crippen molar-refractivity contribution in [2.24, 2.45) is 0 Å². The number of aromatic nitrogens is 3. The van der Waals surface area contributed by atoms with Gasteiger partial charge in [-0.15, -0.1) is 0 Å². The van der Waals surface area contributed by atoms with Crippen molar-refractivity contribution in [3.8, 4) is 0 Å². The Hall–Kier alpha value is -2.21. The van der Waals surface area contributed by atoms with Gasteiger partial charge in [0.2, 0.25) is 5.91 Å². The fourth-order valence-electron chi connectivity index (χ4n) is 2.24. The second kappa shape index (κ2) is 8.43. The van der Waals surface area contributed by atoms with E-state index in [2.05, 4.69) is 27.5 Å². The van der Waals surface area contributed by atoms with Gasteiger partial charge in [-0.25, -0.2) is 9.67 Å². The number of hydrogen-bond acceptors (Lipinski definition) is 4. The van der Waals surface area contributed by atoms with Crippen LogP contribution in [0.4, 0.5) is 0 Å². The maximum atomic E-state index is 11.1. The van der Waals surface area contributed by atoms with Gasteiger partial charge in [0, 0.05) is 13.3 Å². The Morgan fingerprint density at radius 2 is 2.04 bits per heavy atom. The van der Waals surface area contributed by atoms with E-state index in [1.807, 2.05) is 25.1 Å². The predicted octanol–water partition coefficient (Wildman–Crippen LogP) is 1.47. The summed E-state index contributed by atoms with van der Waals surface area (Å²) in [5, 5.41) is 17.1. The highest BCUT2D eigenvalue weighted by atomic mass is 16.3. The third kappa shape index (κ3) is 5.49. The van der Waals surface area contributed by atoms with Gasteiger partial charge >= 0.3 is 0 Å². The van der Waals surface area contributed by atoms with Crippen LogP contribution in [0.15, 0.2) is 30.3 Å². The van der Waals surface area contributed by atoms with Crippen LogP contribution in [-0.4, -0.2) is 31.9 Å². The van der Waals surface area contributed by atoms with Crippen LogP contribution < -0.4 is 5.32 Å². The first-order chi connectivity index (χ1) is 11.1. The van der Waals surface area contributed by atoms with Gasteiger partial charge in [-0.3, -0.25) is 4.79 Å². The highest BCUT2D eigenvalue weighted by molar-refractivity contribution is 5.72. The van der Waals surface area contributed by atoms with Crippen LogP contribution in [0.3, 0.4) is 0 Å². The predicted molar refractivity (Wildman–Crippen MR) is 87.7 cm³/mol. The summed E-state index contributed by atoms with van der Waals surface area (Å²) in [6.45, 7) is 4.11. The number of nitrogens with one attached hydrogen (secondary N) is 1. The van der Waals surface area contributed by atoms with Gasteiger partial charge in [0.05, 0.1) is 19.2 Å². The molecule has 1 aromatic carbocycles. The molecule has 0 aliphatic rings. The van der Waals surface area contributed by atoms with Gasteiger partial charge in [0.1, 0.15) is 5.82 Å². The Bertz CT molecular complexity index is 625. The molecule has 0 fully saturated rings. The lowest BCUT2D eigenvalue weighted by molar-refractivity contribution is -0.119. The summed E-state index contributed by atoms with van der Waals surface area (Å²) in [7, 11) is 0. The summed E-state index contributed by atoms with van der Waals surface area (Å²) in [6.07, 6.45) is 1.78. The Balaban J connectivity index is 2.06. The van der Waals surface area contributed by atoms with Gasteiger partial charge in [0.25, 0.3) is 0 Å². The fraction of sp³-hybridized carbons (Fsp3) is 0.471. The second-order valence-corrected chi connectivity index (χ2v) is 5.58. The minimum absolute atomic E-state index is 0.110. The van der Waals surface area contributed by atoms with E-state index in [0.717, 1.165) is 18.7 Å². The molecule has 1 heterocycles. The Kier molecular flexibility index (Phi) is 6.29. The average Bonchev–Trinajstić information content (AvgIpc) is 2.93. The zero-order valence-electron chi connectivity index (χ0n) is 13.7. The molecule has 1 unspecified atom stereocenters. The molecule has 2 N–H and O–H groups in total. The normalized spacial score (nSPS) is 12.1. The van der Waals surface area contributed by atoms with Crippen molar-refractivity contribution in [3.05, 3.63) is 47.5 Å². The molecule has 2 aromatic rings. The molecular formula is C17H24N4O2. The largest absolute Gasteiger partial charge is 0.391 e. The van der Waals surface area contributed by atoms with Crippen molar-refractivity contribution in [3.63, 3.8) is 0 Å². The van der Waals surface area contributed by atoms with E-state index in [1.54, 1.807) is 4.68 Å². The lowest BCUT2D eigenvalue weighted by Gasteiger charge is -2.10. The molecule has 0 aliphatic carbocycles. The van der Waals surface area contributed by atoms with Crippen LogP contribution in [0.2, 0.25) is 0 Å². The average molecular weight is 316 g/mol. The lowest BCUT2D eigenvalue weighted by Crippen LogP contribution is -2.24. The molecule has 124 valence electrons. The number of aliphatic hydroxyl groups excluding tert-OH is 1. The van der Waals surface area contributed by atoms with Crippen LogP contribution in [-0.2, 0) is 30.7 Å². The number of rotatable bonds is 8. The van der Waals surface area contributed by atoms with E-state index in [-0.39, 0.29) is 5.91 Å². The summed E-state index contributed by atoms with van der Waals surface area (Å²) in [6, 6.07) is 10.2. The van der Waals surface area contributed by atoms with E-state index >= 15 is 0 Å². The van der Waals surface area contributed by atoms with Gasteiger partial charge in [-0.1, -0.05) is 37.3 Å². The SMILES string of the molecule is CCC(O)Cn1nc(CCc2ccccc2)nc1CNC(C)=O. The summed E-state index contributed by atoms with van der Waals surface area (Å²) >= 11 is 0. The number of aryl methyl sites for hydroxylation is 2. The summed E-state index contributed by atoms with van der Waals surface area (Å²) < 4.78 is 1.70. The van der Waals surface area contributed by atoms with Gasteiger partial charge < -0.3 is 10.4 Å². The van der Waals surface area contributed by atoms with E-state index in [0.29, 0.717) is 25.3 Å². The molecule has 6 heteroatoms. The third-order valence-corrected chi connectivity index (χ3v) is 3.62. The first kappa shape index (κ1) is 17.1. The van der Waals surface area contributed by atoms with E-state index in [9.17, 15) is 9.90 Å². The molecule has 0 saturated carbocycles. The minimum Gasteiger partial charge on any atom is -0.391 e. The Morgan fingerprint density at radius 3 is 2.70 bits per heavy atom. The summed E-state index contributed by atoms with van der Waals surface area (Å²) in [4.78, 5) is 15.6. The summed E-state index contributed by atoms with van der Waals surface area (Å²) in [5.74, 6) is 1.30. The molecule has 0 bridgehead atoms. The van der Waals surface area contributed by atoms with E-state index in [4.69, 9.17) is 0 Å². The maximum Gasteiger partial charge on any atom is 0.217 e. The first-order valence-electron chi connectivity index (χ1n) is 7.97. The maximum absolute atomic E-state index is 11.1. The molecule has 1 amide bonds. The first-order valence-corrected chi connectivity index (χ1v) is 7.97. The molecule has 0 aliphatic heterocycles. The summed E-state index contributed by atoms with van der Waals surface area (Å²) in [5.41, 5.74) is 1.24. The topological polar surface area (TPSA) is 80.0 Å². The number of nitrogens with zero attached hydrogens (tertiary/aromatic N) is 3. The number of amides is 1. The van der Waals surface area contributed by atoms with Gasteiger partial charge in [-0.2, -0.15) is 5.10 Å².